The van der Waals surface area contributed by atoms with Gasteiger partial charge >= 0.3 is 0 Å². The molecule has 2 aromatic carbocycles. The summed E-state index contributed by atoms with van der Waals surface area (Å²) in [5.74, 6) is 1.76. The molecule has 0 aliphatic heterocycles. The molecule has 0 atom stereocenters. The van der Waals surface area contributed by atoms with Crippen LogP contribution < -0.4 is 9.47 Å². The molecule has 3 aromatic rings. The molecule has 0 amide bonds. The number of methoxy groups -OCH3 is 1. The Hall–Kier alpha value is -3.13. The second-order valence-corrected chi connectivity index (χ2v) is 6.38. The minimum absolute atomic E-state index is 0.0668. The number of hydrogen-bond acceptors (Lipinski definition) is 6. The molecule has 0 unspecified atom stereocenters. The number of ether oxygens (including phenoxy) is 2. The summed E-state index contributed by atoms with van der Waals surface area (Å²) in [4.78, 5) is 0. The zero-order chi connectivity index (χ0) is 19.4. The Balaban J connectivity index is 1.79. The van der Waals surface area contributed by atoms with Crippen molar-refractivity contribution in [1.82, 2.24) is 14.9 Å². The molecule has 0 saturated carbocycles. The van der Waals surface area contributed by atoms with Gasteiger partial charge in [-0.15, -0.1) is 0 Å². The molecule has 0 aliphatic rings. The van der Waals surface area contributed by atoms with Gasteiger partial charge in [0.1, 0.15) is 12.4 Å². The van der Waals surface area contributed by atoms with E-state index in [1.807, 2.05) is 26.0 Å². The number of phenolic OH excluding ortho intramolecular Hbond substituents is 1. The van der Waals surface area contributed by atoms with Crippen molar-refractivity contribution in [2.45, 2.75) is 20.5 Å². The third-order valence-electron chi connectivity index (χ3n) is 3.93. The topological polar surface area (TPSA) is 84.7 Å². The lowest BCUT2D eigenvalue weighted by Crippen LogP contribution is -2.05. The van der Waals surface area contributed by atoms with Gasteiger partial charge in [0.2, 0.25) is 4.77 Å². The fourth-order valence-corrected chi connectivity index (χ4v) is 2.74. The number of H-pyrrole nitrogens is 1. The van der Waals surface area contributed by atoms with E-state index in [4.69, 9.17) is 21.7 Å². The zero-order valence-corrected chi connectivity index (χ0v) is 16.1. The maximum atomic E-state index is 9.67. The molecule has 1 aromatic heterocycles. The lowest BCUT2D eigenvalue weighted by molar-refractivity contribution is 0.288. The maximum Gasteiger partial charge on any atom is 0.216 e. The quantitative estimate of drug-likeness (QED) is 0.500. The summed E-state index contributed by atoms with van der Waals surface area (Å²) in [6.45, 7) is 4.25. The van der Waals surface area contributed by atoms with Crippen LogP contribution in [0, 0.1) is 18.6 Å². The van der Waals surface area contributed by atoms with Gasteiger partial charge < -0.3 is 14.6 Å². The number of nitrogens with zero attached hydrogens (tertiary/aromatic N) is 3. The van der Waals surface area contributed by atoms with Gasteiger partial charge in [-0.1, -0.05) is 17.7 Å². The van der Waals surface area contributed by atoms with E-state index in [1.54, 1.807) is 24.4 Å². The molecule has 0 saturated heterocycles. The maximum absolute atomic E-state index is 9.67. The summed E-state index contributed by atoms with van der Waals surface area (Å²) in [6, 6.07) is 10.9. The number of benzene rings is 2. The molecule has 2 N–H and O–H groups in total. The predicted octanol–water partition coefficient (Wildman–Crippen LogP) is 3.73. The van der Waals surface area contributed by atoms with Crippen molar-refractivity contribution in [1.29, 1.82) is 0 Å². The number of hydrogen-bond donors (Lipinski definition) is 2. The Labute approximate surface area is 161 Å². The van der Waals surface area contributed by atoms with Gasteiger partial charge in [-0.25, -0.2) is 5.10 Å². The van der Waals surface area contributed by atoms with Crippen molar-refractivity contribution >= 4 is 18.4 Å². The summed E-state index contributed by atoms with van der Waals surface area (Å²) < 4.78 is 12.8. The SMILES string of the molecule is COc1cc(/C=N/n2c(COc3ccc(C)cc3C)n[nH]c2=S)ccc1O. The van der Waals surface area contributed by atoms with Crippen LogP contribution in [0.3, 0.4) is 0 Å². The van der Waals surface area contributed by atoms with Crippen molar-refractivity contribution in [3.63, 3.8) is 0 Å². The average Bonchev–Trinajstić information content (AvgIpc) is 3.00. The Morgan fingerprint density at radius 3 is 2.78 bits per heavy atom. The number of phenols is 1. The Kier molecular flexibility index (Phi) is 5.56. The number of nitrogens with one attached hydrogen (secondary N) is 1. The molecule has 0 radical (unpaired) electrons. The Morgan fingerprint density at radius 2 is 2.04 bits per heavy atom. The third kappa shape index (κ3) is 4.35. The van der Waals surface area contributed by atoms with E-state index in [-0.39, 0.29) is 12.4 Å². The van der Waals surface area contributed by atoms with E-state index >= 15 is 0 Å². The highest BCUT2D eigenvalue weighted by Gasteiger charge is 2.08. The van der Waals surface area contributed by atoms with Crippen LogP contribution in [0.1, 0.15) is 22.5 Å². The van der Waals surface area contributed by atoms with Crippen molar-refractivity contribution in [3.8, 4) is 17.2 Å². The Morgan fingerprint density at radius 1 is 1.22 bits per heavy atom. The standard InChI is InChI=1S/C19H20N4O3S/c1-12-4-7-16(13(2)8-12)26-11-18-21-22-19(27)23(18)20-10-14-5-6-15(24)17(9-14)25-3/h4-10,24H,11H2,1-3H3,(H,22,27)/b20-10+. The summed E-state index contributed by atoms with van der Waals surface area (Å²) >= 11 is 5.24. The number of aromatic amines is 1. The molecular formula is C19H20N4O3S. The lowest BCUT2D eigenvalue weighted by Gasteiger charge is -2.09. The minimum atomic E-state index is 0.0668. The third-order valence-corrected chi connectivity index (χ3v) is 4.19. The minimum Gasteiger partial charge on any atom is -0.504 e. The number of aromatic hydroxyl groups is 1. The van der Waals surface area contributed by atoms with Crippen LogP contribution in [-0.2, 0) is 6.61 Å². The van der Waals surface area contributed by atoms with Crippen molar-refractivity contribution < 1.29 is 14.6 Å². The highest BCUT2D eigenvalue weighted by Crippen LogP contribution is 2.25. The van der Waals surface area contributed by atoms with Gasteiger partial charge in [0.05, 0.1) is 13.3 Å². The van der Waals surface area contributed by atoms with E-state index in [9.17, 15) is 5.11 Å². The first-order valence-electron chi connectivity index (χ1n) is 8.25. The highest BCUT2D eigenvalue weighted by molar-refractivity contribution is 7.71. The number of rotatable bonds is 6. The summed E-state index contributed by atoms with van der Waals surface area (Å²) in [5.41, 5.74) is 2.97. The fraction of sp³-hybridized carbons (Fsp3) is 0.211. The number of aromatic nitrogens is 3. The molecule has 0 fully saturated rings. The average molecular weight is 384 g/mol. The molecule has 1 heterocycles. The van der Waals surface area contributed by atoms with Gasteiger partial charge in [-0.05, 0) is 61.5 Å². The summed E-state index contributed by atoms with van der Waals surface area (Å²) in [5, 5.41) is 20.9. The fourth-order valence-electron chi connectivity index (χ4n) is 2.54. The Bertz CT molecular complexity index is 1040. The molecule has 7 nitrogen and oxygen atoms in total. The monoisotopic (exact) mass is 384 g/mol. The first kappa shape index (κ1) is 18.7. The van der Waals surface area contributed by atoms with E-state index < -0.39 is 0 Å². The second kappa shape index (κ2) is 8.05. The second-order valence-electron chi connectivity index (χ2n) is 5.99. The molecule has 0 bridgehead atoms. The predicted molar refractivity (Wildman–Crippen MR) is 105 cm³/mol. The molecule has 0 aliphatic carbocycles. The first-order valence-corrected chi connectivity index (χ1v) is 8.66. The van der Waals surface area contributed by atoms with Crippen molar-refractivity contribution in [2.24, 2.45) is 5.10 Å². The van der Waals surface area contributed by atoms with Gasteiger partial charge in [-0.2, -0.15) is 14.9 Å². The van der Waals surface area contributed by atoms with Gasteiger partial charge in [0, 0.05) is 0 Å². The van der Waals surface area contributed by atoms with Crippen molar-refractivity contribution in [3.05, 3.63) is 63.7 Å². The normalized spacial score (nSPS) is 11.1. The lowest BCUT2D eigenvalue weighted by atomic mass is 10.1. The molecule has 3 rings (SSSR count). The molecular weight excluding hydrogens is 364 g/mol. The summed E-state index contributed by atoms with van der Waals surface area (Å²) in [7, 11) is 1.49. The van der Waals surface area contributed by atoms with Crippen LogP contribution in [0.25, 0.3) is 0 Å². The van der Waals surface area contributed by atoms with Crippen LogP contribution in [0.4, 0.5) is 0 Å². The van der Waals surface area contributed by atoms with Crippen LogP contribution in [0.15, 0.2) is 41.5 Å². The van der Waals surface area contributed by atoms with E-state index in [0.717, 1.165) is 16.9 Å². The summed E-state index contributed by atoms with van der Waals surface area (Å²) in [6.07, 6.45) is 1.61. The molecule has 8 heteroatoms. The van der Waals surface area contributed by atoms with Crippen LogP contribution in [0.5, 0.6) is 17.2 Å². The smallest absolute Gasteiger partial charge is 0.216 e. The molecule has 140 valence electrons. The first-order chi connectivity index (χ1) is 13.0. The van der Waals surface area contributed by atoms with E-state index in [1.165, 1.54) is 17.3 Å². The van der Waals surface area contributed by atoms with Crippen LogP contribution >= 0.6 is 12.2 Å². The zero-order valence-electron chi connectivity index (χ0n) is 15.3. The van der Waals surface area contributed by atoms with E-state index in [2.05, 4.69) is 21.4 Å². The largest absolute Gasteiger partial charge is 0.504 e. The molecule has 27 heavy (non-hydrogen) atoms. The number of aryl methyl sites for hydroxylation is 2. The van der Waals surface area contributed by atoms with Gasteiger partial charge in [0.15, 0.2) is 17.3 Å². The van der Waals surface area contributed by atoms with Gasteiger partial charge in [-0.3, -0.25) is 0 Å². The van der Waals surface area contributed by atoms with Crippen molar-refractivity contribution in [2.75, 3.05) is 7.11 Å². The van der Waals surface area contributed by atoms with Gasteiger partial charge in [0.25, 0.3) is 0 Å². The molecule has 0 spiro atoms. The van der Waals surface area contributed by atoms with E-state index in [0.29, 0.717) is 16.3 Å². The van der Waals surface area contributed by atoms with Crippen LogP contribution in [0.2, 0.25) is 0 Å². The van der Waals surface area contributed by atoms with Crippen LogP contribution in [-0.4, -0.2) is 33.3 Å². The highest BCUT2D eigenvalue weighted by atomic mass is 32.1.